The first-order valence-electron chi connectivity index (χ1n) is 10.8. The van der Waals surface area contributed by atoms with Crippen LogP contribution in [0, 0.1) is 5.41 Å². The van der Waals surface area contributed by atoms with E-state index in [0.29, 0.717) is 29.7 Å². The van der Waals surface area contributed by atoms with Crippen LogP contribution in [-0.4, -0.2) is 44.6 Å². The molecule has 7 nitrogen and oxygen atoms in total. The number of carbonyl (C=O) groups excluding carboxylic acids is 1. The first kappa shape index (κ1) is 22.7. The van der Waals surface area contributed by atoms with E-state index in [-0.39, 0.29) is 22.4 Å². The minimum absolute atomic E-state index is 0.0195. The van der Waals surface area contributed by atoms with Crippen LogP contribution in [0.1, 0.15) is 55.1 Å². The molecule has 1 saturated heterocycles. The van der Waals surface area contributed by atoms with Crippen molar-refractivity contribution in [2.75, 3.05) is 39.0 Å². The second-order valence-electron chi connectivity index (χ2n) is 9.15. The molecule has 1 aromatic heterocycles. The molecule has 2 aromatic rings. The van der Waals surface area contributed by atoms with E-state index in [2.05, 4.69) is 18.9 Å². The van der Waals surface area contributed by atoms with Crippen molar-refractivity contribution in [1.82, 2.24) is 4.68 Å². The molecule has 1 atom stereocenters. The fourth-order valence-corrected chi connectivity index (χ4v) is 4.83. The second kappa shape index (κ2) is 8.79. The monoisotopic (exact) mass is 460 g/mol. The average Bonchev–Trinajstić information content (AvgIpc) is 2.76. The number of ether oxygens (including phenoxy) is 3. The molecule has 1 fully saturated rings. The minimum Gasteiger partial charge on any atom is -0.492 e. The van der Waals surface area contributed by atoms with Gasteiger partial charge in [-0.3, -0.25) is 9.47 Å². The lowest BCUT2D eigenvalue weighted by Gasteiger charge is -2.49. The van der Waals surface area contributed by atoms with Gasteiger partial charge >= 0.3 is 5.97 Å². The quantitative estimate of drug-likeness (QED) is 0.475. The number of nitrogens with zero attached hydrogens (tertiary/aromatic N) is 2. The molecule has 3 heterocycles. The molecule has 32 heavy (non-hydrogen) atoms. The Morgan fingerprint density at radius 2 is 2.00 bits per heavy atom. The molecule has 0 saturated carbocycles. The van der Waals surface area contributed by atoms with Crippen LogP contribution >= 0.6 is 11.6 Å². The highest BCUT2D eigenvalue weighted by Crippen LogP contribution is 2.47. The number of esters is 1. The number of rotatable bonds is 6. The molecule has 172 valence electrons. The number of pyridine rings is 1. The van der Waals surface area contributed by atoms with Crippen LogP contribution in [0.3, 0.4) is 0 Å². The summed E-state index contributed by atoms with van der Waals surface area (Å²) in [6.45, 7) is 6.36. The zero-order chi connectivity index (χ0) is 23.0. The molecule has 0 radical (unpaired) electrons. The predicted molar refractivity (Wildman–Crippen MR) is 123 cm³/mol. The van der Waals surface area contributed by atoms with Crippen LogP contribution in [0.4, 0.5) is 0 Å². The number of hydrogen-bond donors (Lipinski definition) is 0. The molecule has 1 unspecified atom stereocenters. The van der Waals surface area contributed by atoms with E-state index in [1.807, 2.05) is 16.8 Å². The molecule has 0 N–H and O–H groups in total. The van der Waals surface area contributed by atoms with Gasteiger partial charge in [-0.2, -0.15) is 0 Å². The normalized spacial score (nSPS) is 18.4. The first-order valence-corrected chi connectivity index (χ1v) is 11.2. The molecule has 0 spiro atoms. The summed E-state index contributed by atoms with van der Waals surface area (Å²) in [5.41, 5.74) is 2.40. The van der Waals surface area contributed by atoms with Gasteiger partial charge in [-0.05, 0) is 36.0 Å². The Balaban J connectivity index is 1.84. The van der Waals surface area contributed by atoms with Gasteiger partial charge in [-0.25, -0.2) is 4.79 Å². The maximum Gasteiger partial charge on any atom is 0.343 e. The highest BCUT2D eigenvalue weighted by atomic mass is 35.5. The van der Waals surface area contributed by atoms with Gasteiger partial charge in [0.25, 0.3) is 0 Å². The van der Waals surface area contributed by atoms with Gasteiger partial charge in [-0.15, -0.1) is 0 Å². The van der Waals surface area contributed by atoms with Crippen molar-refractivity contribution in [2.45, 2.75) is 39.2 Å². The summed E-state index contributed by atoms with van der Waals surface area (Å²) in [5, 5.41) is 2.72. The molecule has 8 heteroatoms. The Kier molecular flexibility index (Phi) is 6.23. The van der Waals surface area contributed by atoms with Crippen LogP contribution in [0.15, 0.2) is 29.2 Å². The van der Waals surface area contributed by atoms with Gasteiger partial charge in [0.15, 0.2) is 5.43 Å². The smallest absolute Gasteiger partial charge is 0.343 e. The summed E-state index contributed by atoms with van der Waals surface area (Å²) < 4.78 is 17.8. The third-order valence-electron chi connectivity index (χ3n) is 6.25. The number of piperidine rings is 1. The minimum atomic E-state index is -0.637. The summed E-state index contributed by atoms with van der Waals surface area (Å²) in [6, 6.07) is 5.45. The summed E-state index contributed by atoms with van der Waals surface area (Å²) in [6.07, 6.45) is 4.36. The number of fused-ring (bicyclic) bond motifs is 6. The van der Waals surface area contributed by atoms with Crippen molar-refractivity contribution in [3.8, 4) is 17.0 Å². The third-order valence-corrected chi connectivity index (χ3v) is 6.54. The molecule has 4 rings (SSSR count). The molecule has 0 bridgehead atoms. The highest BCUT2D eigenvalue weighted by molar-refractivity contribution is 6.32. The summed E-state index contributed by atoms with van der Waals surface area (Å²) in [4.78, 5) is 24.9. The van der Waals surface area contributed by atoms with E-state index < -0.39 is 5.97 Å². The number of halogens is 1. The topological polar surface area (TPSA) is 70.0 Å². The van der Waals surface area contributed by atoms with E-state index >= 15 is 0 Å². The maximum absolute atomic E-state index is 12.7. The van der Waals surface area contributed by atoms with Crippen LogP contribution in [0.25, 0.3) is 11.3 Å². The number of methoxy groups -OCH3 is 2. The second-order valence-corrected chi connectivity index (χ2v) is 9.56. The lowest BCUT2D eigenvalue weighted by atomic mass is 9.78. The third kappa shape index (κ3) is 4.11. The van der Waals surface area contributed by atoms with Gasteiger partial charge in [0.05, 0.1) is 30.5 Å². The van der Waals surface area contributed by atoms with E-state index in [1.165, 1.54) is 13.2 Å². The number of carbonyl (C=O) groups is 1. The summed E-state index contributed by atoms with van der Waals surface area (Å²) >= 11 is 6.57. The fraction of sp³-hybridized carbons (Fsp3) is 0.500. The van der Waals surface area contributed by atoms with Crippen molar-refractivity contribution in [2.24, 2.45) is 5.41 Å². The van der Waals surface area contributed by atoms with Gasteiger partial charge in [0.2, 0.25) is 0 Å². The van der Waals surface area contributed by atoms with Crippen LogP contribution in [-0.2, 0) is 9.47 Å². The van der Waals surface area contributed by atoms with Crippen molar-refractivity contribution >= 4 is 17.6 Å². The lowest BCUT2D eigenvalue weighted by molar-refractivity contribution is 0.0598. The largest absolute Gasteiger partial charge is 0.492 e. The summed E-state index contributed by atoms with van der Waals surface area (Å²) in [5.74, 6) is -0.00460. The van der Waals surface area contributed by atoms with Gasteiger partial charge in [-0.1, -0.05) is 25.4 Å². The van der Waals surface area contributed by atoms with Crippen molar-refractivity contribution < 1.29 is 19.0 Å². The Morgan fingerprint density at radius 1 is 1.22 bits per heavy atom. The molecule has 0 aliphatic carbocycles. The molecule has 2 aliphatic rings. The lowest BCUT2D eigenvalue weighted by Crippen LogP contribution is -2.51. The molecule has 2 aliphatic heterocycles. The molecule has 1 aromatic carbocycles. The first-order chi connectivity index (χ1) is 15.3. The van der Waals surface area contributed by atoms with Crippen molar-refractivity contribution in [3.05, 3.63) is 50.8 Å². The molecular formula is C24H29ClN2O5. The SMILES string of the molecule is COCCCOc1cc2c(cc1Cl)-c1cc(=O)c(C(=O)OC)cn1N1CC(C)(C)CCC21. The Morgan fingerprint density at radius 3 is 2.72 bits per heavy atom. The average molecular weight is 461 g/mol. The van der Waals surface area contributed by atoms with E-state index in [9.17, 15) is 9.59 Å². The van der Waals surface area contributed by atoms with Gasteiger partial charge < -0.3 is 19.2 Å². The zero-order valence-corrected chi connectivity index (χ0v) is 19.7. The van der Waals surface area contributed by atoms with Crippen LogP contribution < -0.4 is 15.2 Å². The number of benzene rings is 1. The standard InChI is InChI=1S/C24H29ClN2O5/c1-24(2)7-6-19-16-11-22(32-9-5-8-30-3)18(25)10-15(16)20-12-21(28)17(23(29)31-4)13-26(20)27(19)14-24/h10-13,19H,5-9,14H2,1-4H3. The Bertz CT molecular complexity index is 1090. The Labute approximate surface area is 192 Å². The highest BCUT2D eigenvalue weighted by Gasteiger charge is 2.39. The van der Waals surface area contributed by atoms with Crippen LogP contribution in [0.5, 0.6) is 5.75 Å². The molecule has 0 amide bonds. The van der Waals surface area contributed by atoms with E-state index in [4.69, 9.17) is 25.8 Å². The maximum atomic E-state index is 12.7. The number of hydrogen-bond acceptors (Lipinski definition) is 6. The van der Waals surface area contributed by atoms with E-state index in [0.717, 1.165) is 36.9 Å². The van der Waals surface area contributed by atoms with E-state index in [1.54, 1.807) is 13.3 Å². The van der Waals surface area contributed by atoms with Crippen LogP contribution in [0.2, 0.25) is 5.02 Å². The summed E-state index contributed by atoms with van der Waals surface area (Å²) in [7, 11) is 2.94. The fourth-order valence-electron chi connectivity index (χ4n) is 4.61. The number of aromatic nitrogens is 1. The zero-order valence-electron chi connectivity index (χ0n) is 18.9. The van der Waals surface area contributed by atoms with Crippen molar-refractivity contribution in [3.63, 3.8) is 0 Å². The van der Waals surface area contributed by atoms with Gasteiger partial charge in [0, 0.05) is 44.5 Å². The predicted octanol–water partition coefficient (Wildman–Crippen LogP) is 4.18. The molecular weight excluding hydrogens is 432 g/mol. The van der Waals surface area contributed by atoms with Crippen molar-refractivity contribution in [1.29, 1.82) is 0 Å². The Hall–Kier alpha value is -2.51. The van der Waals surface area contributed by atoms with Gasteiger partial charge in [0.1, 0.15) is 11.3 Å².